The summed E-state index contributed by atoms with van der Waals surface area (Å²) in [5, 5.41) is 12.2. The van der Waals surface area contributed by atoms with E-state index in [0.717, 1.165) is 15.3 Å². The molecule has 0 spiro atoms. The lowest BCUT2D eigenvalue weighted by molar-refractivity contribution is -0.113. The predicted octanol–water partition coefficient (Wildman–Crippen LogP) is 3.24. The number of anilines is 1. The molecule has 2 N–H and O–H groups in total. The number of hydrogen-bond acceptors (Lipinski definition) is 6. The zero-order valence-electron chi connectivity index (χ0n) is 13.2. The van der Waals surface area contributed by atoms with Crippen LogP contribution in [0, 0.1) is 14.9 Å². The lowest BCUT2D eigenvalue weighted by Crippen LogP contribution is -2.17. The molecule has 0 saturated carbocycles. The molecule has 0 unspecified atom stereocenters. The first kappa shape index (κ1) is 18.2. The first-order valence-corrected chi connectivity index (χ1v) is 9.40. The molecule has 0 aliphatic rings. The second-order valence-corrected chi connectivity index (χ2v) is 7.24. The van der Waals surface area contributed by atoms with Crippen molar-refractivity contribution >= 4 is 45.9 Å². The Hall–Kier alpha value is -2.58. The van der Waals surface area contributed by atoms with Gasteiger partial charge in [0.15, 0.2) is 10.9 Å². The van der Waals surface area contributed by atoms with Gasteiger partial charge in [-0.25, -0.2) is 4.98 Å². The van der Waals surface area contributed by atoms with Crippen molar-refractivity contribution in [3.63, 3.8) is 0 Å². The maximum atomic E-state index is 12.1. The van der Waals surface area contributed by atoms with Crippen molar-refractivity contribution in [1.29, 1.82) is 5.26 Å². The van der Waals surface area contributed by atoms with Crippen molar-refractivity contribution in [2.45, 2.75) is 5.16 Å². The van der Waals surface area contributed by atoms with Crippen LogP contribution < -0.4 is 10.9 Å². The molecule has 3 aromatic rings. The molecule has 0 aliphatic heterocycles. The number of nitriles is 1. The van der Waals surface area contributed by atoms with E-state index in [2.05, 4.69) is 37.9 Å². The van der Waals surface area contributed by atoms with E-state index in [1.54, 1.807) is 24.3 Å². The molecule has 1 amide bonds. The summed E-state index contributed by atoms with van der Waals surface area (Å²) in [5.74, 6) is 0.138. The largest absolute Gasteiger partial charge is 0.463 e. The van der Waals surface area contributed by atoms with Gasteiger partial charge in [-0.1, -0.05) is 11.8 Å². The second-order valence-electron chi connectivity index (χ2n) is 5.03. The Morgan fingerprint density at radius 2 is 2.12 bits per heavy atom. The van der Waals surface area contributed by atoms with Crippen molar-refractivity contribution in [2.75, 3.05) is 11.1 Å². The normalized spacial score (nSPS) is 10.3. The number of amides is 1. The summed E-state index contributed by atoms with van der Waals surface area (Å²) in [6.07, 6.45) is 1.43. The van der Waals surface area contributed by atoms with Crippen LogP contribution in [0.1, 0.15) is 5.56 Å². The number of carbonyl (C=O) groups is 1. The van der Waals surface area contributed by atoms with E-state index in [-0.39, 0.29) is 28.1 Å². The third-order valence-electron chi connectivity index (χ3n) is 3.23. The van der Waals surface area contributed by atoms with Crippen LogP contribution in [0.2, 0.25) is 0 Å². The van der Waals surface area contributed by atoms with Gasteiger partial charge in [-0.05, 0) is 59.0 Å². The molecular formula is C17H11IN4O3S. The van der Waals surface area contributed by atoms with E-state index < -0.39 is 5.56 Å². The third kappa shape index (κ3) is 4.33. The molecule has 0 radical (unpaired) electrons. The fourth-order valence-electron chi connectivity index (χ4n) is 2.08. The lowest BCUT2D eigenvalue weighted by atomic mass is 10.2. The fourth-order valence-corrected chi connectivity index (χ4v) is 3.10. The molecule has 9 heteroatoms. The quantitative estimate of drug-likeness (QED) is 0.331. The summed E-state index contributed by atoms with van der Waals surface area (Å²) in [6.45, 7) is 0. The highest BCUT2D eigenvalue weighted by Gasteiger charge is 2.16. The third-order valence-corrected chi connectivity index (χ3v) is 4.82. The van der Waals surface area contributed by atoms with Crippen LogP contribution in [0.3, 0.4) is 0 Å². The number of aromatic amines is 1. The predicted molar refractivity (Wildman–Crippen MR) is 106 cm³/mol. The Kier molecular flexibility index (Phi) is 5.75. The van der Waals surface area contributed by atoms with Gasteiger partial charge in [-0.15, -0.1) is 0 Å². The van der Waals surface area contributed by atoms with Crippen molar-refractivity contribution < 1.29 is 9.21 Å². The number of rotatable bonds is 5. The van der Waals surface area contributed by atoms with Gasteiger partial charge in [-0.2, -0.15) is 5.26 Å². The molecule has 0 bridgehead atoms. The van der Waals surface area contributed by atoms with Crippen LogP contribution in [0.25, 0.3) is 11.5 Å². The molecule has 7 nitrogen and oxygen atoms in total. The van der Waals surface area contributed by atoms with E-state index in [1.807, 2.05) is 18.2 Å². The molecule has 26 heavy (non-hydrogen) atoms. The van der Waals surface area contributed by atoms with Crippen molar-refractivity contribution in [2.24, 2.45) is 0 Å². The molecule has 2 heterocycles. The van der Waals surface area contributed by atoms with Crippen LogP contribution in [0.5, 0.6) is 0 Å². The van der Waals surface area contributed by atoms with Gasteiger partial charge >= 0.3 is 0 Å². The van der Waals surface area contributed by atoms with Crippen LogP contribution in [0.4, 0.5) is 5.69 Å². The molecule has 1 aromatic carbocycles. The highest BCUT2D eigenvalue weighted by molar-refractivity contribution is 14.1. The maximum absolute atomic E-state index is 12.1. The van der Waals surface area contributed by atoms with Crippen molar-refractivity contribution in [3.8, 4) is 17.5 Å². The highest BCUT2D eigenvalue weighted by Crippen LogP contribution is 2.22. The Balaban J connectivity index is 1.74. The number of thioether (sulfide) groups is 1. The first-order valence-electron chi connectivity index (χ1n) is 7.33. The summed E-state index contributed by atoms with van der Waals surface area (Å²) in [5.41, 5.74) is 0.137. The molecule has 130 valence electrons. The average molecular weight is 478 g/mol. The van der Waals surface area contributed by atoms with E-state index in [9.17, 15) is 9.59 Å². The van der Waals surface area contributed by atoms with Crippen LogP contribution in [0.15, 0.2) is 57.0 Å². The summed E-state index contributed by atoms with van der Waals surface area (Å²) in [6, 6.07) is 12.5. The summed E-state index contributed by atoms with van der Waals surface area (Å²) >= 11 is 3.25. The minimum absolute atomic E-state index is 0.0540. The zero-order chi connectivity index (χ0) is 18.5. The summed E-state index contributed by atoms with van der Waals surface area (Å²) in [4.78, 5) is 30.9. The van der Waals surface area contributed by atoms with E-state index in [0.29, 0.717) is 11.4 Å². The van der Waals surface area contributed by atoms with E-state index in [4.69, 9.17) is 9.68 Å². The maximum Gasteiger partial charge on any atom is 0.270 e. The Labute approximate surface area is 166 Å². The Bertz CT molecular complexity index is 1020. The Morgan fingerprint density at radius 1 is 1.35 bits per heavy atom. The Morgan fingerprint density at radius 3 is 2.77 bits per heavy atom. The fraction of sp³-hybridized carbons (Fsp3) is 0.0588. The van der Waals surface area contributed by atoms with Crippen molar-refractivity contribution in [1.82, 2.24) is 9.97 Å². The summed E-state index contributed by atoms with van der Waals surface area (Å²) in [7, 11) is 0. The van der Waals surface area contributed by atoms with E-state index >= 15 is 0 Å². The van der Waals surface area contributed by atoms with Gasteiger partial charge in [0.1, 0.15) is 17.3 Å². The average Bonchev–Trinajstić information content (AvgIpc) is 3.16. The van der Waals surface area contributed by atoms with Crippen LogP contribution >= 0.6 is 34.4 Å². The molecule has 3 rings (SSSR count). The number of nitrogens with one attached hydrogen (secondary N) is 2. The van der Waals surface area contributed by atoms with Crippen LogP contribution in [-0.2, 0) is 4.79 Å². The molecule has 0 atom stereocenters. The summed E-state index contributed by atoms with van der Waals surface area (Å²) < 4.78 is 6.30. The van der Waals surface area contributed by atoms with Gasteiger partial charge in [-0.3, -0.25) is 9.59 Å². The van der Waals surface area contributed by atoms with Gasteiger partial charge < -0.3 is 14.7 Å². The molecule has 0 fully saturated rings. The monoisotopic (exact) mass is 478 g/mol. The van der Waals surface area contributed by atoms with Crippen LogP contribution in [-0.4, -0.2) is 21.6 Å². The minimum atomic E-state index is -0.575. The second kappa shape index (κ2) is 8.20. The molecular weight excluding hydrogens is 467 g/mol. The van der Waals surface area contributed by atoms with Gasteiger partial charge in [0.05, 0.1) is 12.0 Å². The lowest BCUT2D eigenvalue weighted by Gasteiger charge is -2.06. The molecule has 0 aliphatic carbocycles. The van der Waals surface area contributed by atoms with Crippen molar-refractivity contribution in [3.05, 3.63) is 62.1 Å². The number of halogens is 1. The topological polar surface area (TPSA) is 112 Å². The zero-order valence-corrected chi connectivity index (χ0v) is 16.1. The SMILES string of the molecule is N#Cc1c(-c2ccco2)nc(SCC(=O)Nc2ccc(I)cc2)[nH]c1=O. The van der Waals surface area contributed by atoms with Gasteiger partial charge in [0.2, 0.25) is 5.91 Å². The number of aromatic nitrogens is 2. The molecule has 0 saturated heterocycles. The number of benzene rings is 1. The number of hydrogen-bond donors (Lipinski definition) is 2. The highest BCUT2D eigenvalue weighted by atomic mass is 127. The number of H-pyrrole nitrogens is 1. The van der Waals surface area contributed by atoms with E-state index in [1.165, 1.54) is 6.26 Å². The standard InChI is InChI=1S/C17H11IN4O3S/c18-10-3-5-11(6-4-10)20-14(23)9-26-17-21-15(13-2-1-7-25-13)12(8-19)16(24)22-17/h1-7H,9H2,(H,20,23)(H,21,22,24). The molecule has 2 aromatic heterocycles. The number of furan rings is 1. The number of nitrogens with zero attached hydrogens (tertiary/aromatic N) is 2. The first-order chi connectivity index (χ1) is 12.6. The number of carbonyl (C=O) groups excluding carboxylic acids is 1. The smallest absolute Gasteiger partial charge is 0.270 e. The minimum Gasteiger partial charge on any atom is -0.463 e. The van der Waals surface area contributed by atoms with Gasteiger partial charge in [0.25, 0.3) is 5.56 Å². The van der Waals surface area contributed by atoms with Gasteiger partial charge in [0, 0.05) is 9.26 Å².